The molecular formula is C16H16BrF2N. The van der Waals surface area contributed by atoms with Gasteiger partial charge in [-0.15, -0.1) is 0 Å². The molecule has 0 aliphatic carbocycles. The molecule has 2 aromatic rings. The van der Waals surface area contributed by atoms with Gasteiger partial charge in [-0.1, -0.05) is 37.3 Å². The van der Waals surface area contributed by atoms with Crippen molar-refractivity contribution in [3.05, 3.63) is 69.7 Å². The van der Waals surface area contributed by atoms with Crippen molar-refractivity contribution in [2.45, 2.75) is 19.4 Å². The first kappa shape index (κ1) is 15.1. The third kappa shape index (κ3) is 3.25. The van der Waals surface area contributed by atoms with E-state index in [-0.39, 0.29) is 10.0 Å². The molecule has 0 saturated carbocycles. The third-order valence-electron chi connectivity index (χ3n) is 3.10. The van der Waals surface area contributed by atoms with Gasteiger partial charge in [0.15, 0.2) is 0 Å². The van der Waals surface area contributed by atoms with E-state index in [1.54, 1.807) is 0 Å². The summed E-state index contributed by atoms with van der Waals surface area (Å²) in [6.07, 6.45) is 0.889. The molecule has 106 valence electrons. The fourth-order valence-electron chi connectivity index (χ4n) is 2.13. The van der Waals surface area contributed by atoms with E-state index in [1.807, 2.05) is 37.3 Å². The van der Waals surface area contributed by atoms with Crippen LogP contribution >= 0.6 is 15.9 Å². The molecule has 0 heterocycles. The van der Waals surface area contributed by atoms with E-state index in [9.17, 15) is 8.78 Å². The van der Waals surface area contributed by atoms with Gasteiger partial charge < -0.3 is 5.32 Å². The van der Waals surface area contributed by atoms with Gasteiger partial charge in [-0.3, -0.25) is 0 Å². The van der Waals surface area contributed by atoms with E-state index in [0.29, 0.717) is 6.54 Å². The standard InChI is InChI=1S/C16H16BrF2N/c1-2-10-20-16(11-6-4-3-5-7-11)14-13(18)9-8-12(17)15(14)19/h3-9,16,20H,2,10H2,1H3. The summed E-state index contributed by atoms with van der Waals surface area (Å²) in [5.41, 5.74) is 0.899. The first-order chi connectivity index (χ1) is 9.65. The van der Waals surface area contributed by atoms with Crippen LogP contribution in [-0.4, -0.2) is 6.54 Å². The Balaban J connectivity index is 2.49. The van der Waals surface area contributed by atoms with Crippen LogP contribution in [0, 0.1) is 11.6 Å². The number of hydrogen-bond donors (Lipinski definition) is 1. The molecule has 2 rings (SSSR count). The van der Waals surface area contributed by atoms with E-state index < -0.39 is 17.7 Å². The lowest BCUT2D eigenvalue weighted by Gasteiger charge is -2.21. The molecule has 0 aromatic heterocycles. The lowest BCUT2D eigenvalue weighted by Crippen LogP contribution is -2.25. The molecule has 1 atom stereocenters. The minimum absolute atomic E-state index is 0.0547. The maximum atomic E-state index is 14.3. The lowest BCUT2D eigenvalue weighted by molar-refractivity contribution is 0.500. The highest BCUT2D eigenvalue weighted by atomic mass is 79.9. The van der Waals surface area contributed by atoms with Gasteiger partial charge in [-0.25, -0.2) is 8.78 Å². The summed E-state index contributed by atoms with van der Waals surface area (Å²) >= 11 is 3.12. The van der Waals surface area contributed by atoms with Crippen molar-refractivity contribution in [3.63, 3.8) is 0 Å². The zero-order valence-electron chi connectivity index (χ0n) is 11.2. The minimum Gasteiger partial charge on any atom is -0.306 e. The molecule has 0 aliphatic heterocycles. The smallest absolute Gasteiger partial charge is 0.145 e. The average molecular weight is 340 g/mol. The van der Waals surface area contributed by atoms with E-state index in [4.69, 9.17) is 0 Å². The Kier molecular flexibility index (Phi) is 5.26. The zero-order valence-corrected chi connectivity index (χ0v) is 12.8. The minimum atomic E-state index is -0.553. The van der Waals surface area contributed by atoms with E-state index in [0.717, 1.165) is 12.0 Å². The first-order valence-electron chi connectivity index (χ1n) is 6.56. The number of nitrogens with one attached hydrogen (secondary N) is 1. The molecule has 20 heavy (non-hydrogen) atoms. The number of benzene rings is 2. The topological polar surface area (TPSA) is 12.0 Å². The number of halogens is 3. The largest absolute Gasteiger partial charge is 0.306 e. The molecule has 0 radical (unpaired) electrons. The van der Waals surface area contributed by atoms with Gasteiger partial charge in [-0.05, 0) is 46.6 Å². The van der Waals surface area contributed by atoms with Gasteiger partial charge in [0, 0.05) is 5.56 Å². The summed E-state index contributed by atoms with van der Waals surface area (Å²) in [5.74, 6) is -1.09. The van der Waals surface area contributed by atoms with Gasteiger partial charge in [0.2, 0.25) is 0 Å². The summed E-state index contributed by atoms with van der Waals surface area (Å²) < 4.78 is 28.7. The second-order valence-corrected chi connectivity index (χ2v) is 5.41. The predicted octanol–water partition coefficient (Wildman–Crippen LogP) is 4.82. The first-order valence-corrected chi connectivity index (χ1v) is 7.36. The van der Waals surface area contributed by atoms with Crippen molar-refractivity contribution in [2.24, 2.45) is 0 Å². The third-order valence-corrected chi connectivity index (χ3v) is 3.71. The number of rotatable bonds is 5. The van der Waals surface area contributed by atoms with Gasteiger partial charge in [0.1, 0.15) is 11.6 Å². The highest BCUT2D eigenvalue weighted by Gasteiger charge is 2.22. The monoisotopic (exact) mass is 339 g/mol. The highest BCUT2D eigenvalue weighted by molar-refractivity contribution is 9.10. The van der Waals surface area contributed by atoms with Crippen LogP contribution in [0.5, 0.6) is 0 Å². The van der Waals surface area contributed by atoms with Crippen molar-refractivity contribution < 1.29 is 8.78 Å². The Bertz CT molecular complexity index is 572. The van der Waals surface area contributed by atoms with Crippen LogP contribution in [0.1, 0.15) is 30.5 Å². The molecule has 0 fully saturated rings. The van der Waals surface area contributed by atoms with Crippen molar-refractivity contribution in [3.8, 4) is 0 Å². The Labute approximate surface area is 126 Å². The van der Waals surface area contributed by atoms with E-state index in [2.05, 4.69) is 21.2 Å². The molecule has 0 aliphatic rings. The maximum Gasteiger partial charge on any atom is 0.145 e. The molecule has 2 aromatic carbocycles. The fraction of sp³-hybridized carbons (Fsp3) is 0.250. The van der Waals surface area contributed by atoms with E-state index in [1.165, 1.54) is 12.1 Å². The Morgan fingerprint density at radius 1 is 1.10 bits per heavy atom. The summed E-state index contributed by atoms with van der Waals surface area (Å²) in [4.78, 5) is 0. The van der Waals surface area contributed by atoms with E-state index >= 15 is 0 Å². The predicted molar refractivity (Wildman–Crippen MR) is 80.6 cm³/mol. The van der Waals surface area contributed by atoms with Gasteiger partial charge in [0.25, 0.3) is 0 Å². The fourth-order valence-corrected chi connectivity index (χ4v) is 2.47. The normalized spacial score (nSPS) is 12.4. The second-order valence-electron chi connectivity index (χ2n) is 4.55. The molecule has 0 spiro atoms. The van der Waals surface area contributed by atoms with Crippen LogP contribution in [0.15, 0.2) is 46.9 Å². The number of hydrogen-bond acceptors (Lipinski definition) is 1. The SMILES string of the molecule is CCCNC(c1ccccc1)c1c(F)ccc(Br)c1F. The molecule has 1 N–H and O–H groups in total. The van der Waals surface area contributed by atoms with Gasteiger partial charge >= 0.3 is 0 Å². The highest BCUT2D eigenvalue weighted by Crippen LogP contribution is 2.30. The molecular weight excluding hydrogens is 324 g/mol. The Hall–Kier alpha value is -1.26. The van der Waals surface area contributed by atoms with Gasteiger partial charge in [0.05, 0.1) is 10.5 Å². The quantitative estimate of drug-likeness (QED) is 0.770. The van der Waals surface area contributed by atoms with Crippen molar-refractivity contribution in [1.29, 1.82) is 0 Å². The molecule has 1 nitrogen and oxygen atoms in total. The summed E-state index contributed by atoms with van der Waals surface area (Å²) in [6.45, 7) is 2.70. The molecule has 1 unspecified atom stereocenters. The van der Waals surface area contributed by atoms with Crippen LogP contribution in [0.2, 0.25) is 0 Å². The Morgan fingerprint density at radius 2 is 1.80 bits per heavy atom. The van der Waals surface area contributed by atoms with Crippen LogP contribution in [-0.2, 0) is 0 Å². The van der Waals surface area contributed by atoms with Crippen LogP contribution in [0.3, 0.4) is 0 Å². The molecule has 0 saturated heterocycles. The van der Waals surface area contributed by atoms with Crippen molar-refractivity contribution in [2.75, 3.05) is 6.54 Å². The summed E-state index contributed by atoms with van der Waals surface area (Å²) in [6, 6.07) is 11.5. The molecule has 0 amide bonds. The van der Waals surface area contributed by atoms with Gasteiger partial charge in [-0.2, -0.15) is 0 Å². The zero-order chi connectivity index (χ0) is 14.5. The second kappa shape index (κ2) is 6.95. The Morgan fingerprint density at radius 3 is 2.45 bits per heavy atom. The average Bonchev–Trinajstić information content (AvgIpc) is 2.47. The maximum absolute atomic E-state index is 14.3. The molecule has 4 heteroatoms. The van der Waals surface area contributed by atoms with Crippen molar-refractivity contribution >= 4 is 15.9 Å². The summed E-state index contributed by atoms with van der Waals surface area (Å²) in [5, 5.41) is 3.21. The lowest BCUT2D eigenvalue weighted by atomic mass is 9.97. The van der Waals surface area contributed by atoms with Crippen LogP contribution < -0.4 is 5.32 Å². The molecule has 0 bridgehead atoms. The van der Waals surface area contributed by atoms with Crippen LogP contribution in [0.25, 0.3) is 0 Å². The van der Waals surface area contributed by atoms with Crippen molar-refractivity contribution in [1.82, 2.24) is 5.32 Å². The van der Waals surface area contributed by atoms with Crippen LogP contribution in [0.4, 0.5) is 8.78 Å². The summed E-state index contributed by atoms with van der Waals surface area (Å²) in [7, 11) is 0.